The summed E-state index contributed by atoms with van der Waals surface area (Å²) in [5, 5.41) is 3.78. The third-order valence-corrected chi connectivity index (χ3v) is 11.9. The third kappa shape index (κ3) is 19.3. The molecule has 0 radical (unpaired) electrons. The van der Waals surface area contributed by atoms with E-state index in [0.29, 0.717) is 18.6 Å². The number of rotatable bonds is 31. The molecule has 1 saturated heterocycles. The molecule has 1 aliphatic heterocycles. The minimum Gasteiger partial charge on any atom is -0.377 e. The Kier molecular flexibility index (Phi) is 24.1. The van der Waals surface area contributed by atoms with E-state index >= 15 is 0 Å². The molecule has 2 unspecified atom stereocenters. The molecule has 2 N–H and O–H groups in total. The zero-order valence-corrected chi connectivity index (χ0v) is 32.8. The predicted molar refractivity (Wildman–Crippen MR) is 204 cm³/mol. The van der Waals surface area contributed by atoms with Gasteiger partial charge < -0.3 is 18.9 Å². The molecule has 0 aromatic carbocycles. The molecule has 2 heterocycles. The van der Waals surface area contributed by atoms with Gasteiger partial charge in [-0.15, -0.1) is 0 Å². The number of H-pyrrole nitrogens is 1. The first-order chi connectivity index (χ1) is 24.2. The van der Waals surface area contributed by atoms with Crippen molar-refractivity contribution in [2.75, 3.05) is 30.9 Å². The number of nitrogens with zero attached hydrogens (tertiary/aromatic N) is 4. The number of aromatic amines is 1. The Morgan fingerprint density at radius 2 is 1.58 bits per heavy atom. The zero-order chi connectivity index (χ0) is 36.5. The van der Waals surface area contributed by atoms with Crippen molar-refractivity contribution in [3.63, 3.8) is 0 Å². The van der Waals surface area contributed by atoms with Crippen LogP contribution in [0.1, 0.15) is 154 Å². The molecule has 1 fully saturated rings. The van der Waals surface area contributed by atoms with Gasteiger partial charge in [-0.25, -0.2) is 4.79 Å². The van der Waals surface area contributed by atoms with Crippen LogP contribution in [0, 0.1) is 6.92 Å². The highest BCUT2D eigenvalue weighted by Crippen LogP contribution is 2.44. The lowest BCUT2D eigenvalue weighted by Gasteiger charge is -2.21. The van der Waals surface area contributed by atoms with Crippen LogP contribution in [0.2, 0.25) is 0 Å². The second-order valence-corrected chi connectivity index (χ2v) is 16.9. The number of ether oxygens (including phenoxy) is 2. The molecule has 1 aromatic heterocycles. The first kappa shape index (κ1) is 44.6. The molecular weight excluding hydrogens is 677 g/mol. The Morgan fingerprint density at radius 3 is 2.18 bits per heavy atom. The lowest BCUT2D eigenvalue weighted by molar-refractivity contribution is -0.0241. The van der Waals surface area contributed by atoms with Gasteiger partial charge in [-0.1, -0.05) is 122 Å². The average Bonchev–Trinajstić information content (AvgIpc) is 3.49. The van der Waals surface area contributed by atoms with Crippen molar-refractivity contribution in [3.8, 4) is 0 Å². The van der Waals surface area contributed by atoms with Crippen molar-refractivity contribution in [2.45, 2.75) is 174 Å². The van der Waals surface area contributed by atoms with Crippen molar-refractivity contribution in [1.29, 1.82) is 0 Å². The first-order valence-electron chi connectivity index (χ1n) is 19.4. The average molecular weight is 744 g/mol. The Balaban J connectivity index is 1.81. The molecule has 2 rings (SSSR count). The summed E-state index contributed by atoms with van der Waals surface area (Å²) >= 11 is 1.86. The standard InChI is InChI=1S/C36H66N5O7PS/c1-4-6-8-10-12-14-15-17-19-21-25-50-29-31(46-23-20-18-16-13-11-9-7-5-2)22-24-49(44,45)47-28-33-32(39-40-37)26-34(48-33)41-27-30(3)35(42)38-36(41)43/h27,31-34H,4-26,28-29H2,1-3H3,(H,44,45)(H,38,42,43)/t31?,32-,33+,34+/m0/s1. The first-order valence-corrected chi connectivity index (χ1v) is 22.3. The number of thioether (sulfide) groups is 1. The van der Waals surface area contributed by atoms with Crippen LogP contribution in [-0.4, -0.2) is 63.6 Å². The zero-order valence-electron chi connectivity index (χ0n) is 31.1. The maximum absolute atomic E-state index is 13.1. The predicted octanol–water partition coefficient (Wildman–Crippen LogP) is 9.58. The Labute approximate surface area is 304 Å². The quantitative estimate of drug-likeness (QED) is 0.0249. The second kappa shape index (κ2) is 27.1. The fourth-order valence-electron chi connectivity index (χ4n) is 6.19. The number of azide groups is 1. The molecular formula is C36H66N5O7PS. The highest BCUT2D eigenvalue weighted by Gasteiger charge is 2.38. The molecule has 5 atom stereocenters. The van der Waals surface area contributed by atoms with Crippen LogP contribution in [0.5, 0.6) is 0 Å². The fourth-order valence-corrected chi connectivity index (χ4v) is 8.42. The van der Waals surface area contributed by atoms with Crippen LogP contribution in [0.4, 0.5) is 0 Å². The van der Waals surface area contributed by atoms with Gasteiger partial charge in [0.05, 0.1) is 31.0 Å². The molecule has 288 valence electrons. The highest BCUT2D eigenvalue weighted by molar-refractivity contribution is 7.99. The third-order valence-electron chi connectivity index (χ3n) is 9.33. The molecule has 50 heavy (non-hydrogen) atoms. The van der Waals surface area contributed by atoms with Gasteiger partial charge in [-0.3, -0.25) is 18.9 Å². The van der Waals surface area contributed by atoms with E-state index in [1.54, 1.807) is 6.92 Å². The summed E-state index contributed by atoms with van der Waals surface area (Å²) in [6.45, 7) is 6.42. The Morgan fingerprint density at radius 1 is 1.00 bits per heavy atom. The maximum atomic E-state index is 13.1. The van der Waals surface area contributed by atoms with Crippen LogP contribution in [0.15, 0.2) is 20.9 Å². The van der Waals surface area contributed by atoms with E-state index in [1.165, 1.54) is 113 Å². The molecule has 0 bridgehead atoms. The van der Waals surface area contributed by atoms with E-state index < -0.39 is 37.2 Å². The van der Waals surface area contributed by atoms with Gasteiger partial charge in [0, 0.05) is 35.5 Å². The van der Waals surface area contributed by atoms with Crippen LogP contribution >= 0.6 is 19.4 Å². The summed E-state index contributed by atoms with van der Waals surface area (Å²) in [5.74, 6) is 1.83. The summed E-state index contributed by atoms with van der Waals surface area (Å²) in [7, 11) is -4.01. The monoisotopic (exact) mass is 743 g/mol. The van der Waals surface area contributed by atoms with Crippen LogP contribution < -0.4 is 11.2 Å². The van der Waals surface area contributed by atoms with Crippen molar-refractivity contribution in [2.24, 2.45) is 5.11 Å². The van der Waals surface area contributed by atoms with Gasteiger partial charge >= 0.3 is 13.3 Å². The van der Waals surface area contributed by atoms with Crippen molar-refractivity contribution < 1.29 is 23.5 Å². The molecule has 0 saturated carbocycles. The number of hydrogen-bond donors (Lipinski definition) is 2. The van der Waals surface area contributed by atoms with Crippen molar-refractivity contribution >= 4 is 19.4 Å². The molecule has 14 heteroatoms. The summed E-state index contributed by atoms with van der Waals surface area (Å²) in [5.41, 5.74) is 8.27. The van der Waals surface area contributed by atoms with Gasteiger partial charge in [0.1, 0.15) is 6.23 Å². The molecule has 0 amide bonds. The summed E-state index contributed by atoms with van der Waals surface area (Å²) < 4.78 is 32.1. The van der Waals surface area contributed by atoms with Crippen LogP contribution in [0.3, 0.4) is 0 Å². The van der Waals surface area contributed by atoms with Gasteiger partial charge in [0.15, 0.2) is 0 Å². The van der Waals surface area contributed by atoms with Crippen molar-refractivity contribution in [3.05, 3.63) is 43.0 Å². The SMILES string of the molecule is CCCCCCCCCCCCSCC(CCP(=O)(O)OC[C@H]1O[C@@H](n2cc(C)c(=O)[nH]c2=O)C[C@@H]1N=[N+]=[N-])OCCCCCCCCCC. The van der Waals surface area contributed by atoms with Crippen molar-refractivity contribution in [1.82, 2.24) is 9.55 Å². The fraction of sp³-hybridized carbons (Fsp3) is 0.889. The second-order valence-electron chi connectivity index (χ2n) is 13.8. The van der Waals surface area contributed by atoms with E-state index in [-0.39, 0.29) is 25.3 Å². The van der Waals surface area contributed by atoms with Gasteiger partial charge in [0.25, 0.3) is 5.56 Å². The van der Waals surface area contributed by atoms with E-state index in [1.807, 2.05) is 11.8 Å². The van der Waals surface area contributed by atoms with E-state index in [2.05, 4.69) is 28.9 Å². The minimum absolute atomic E-state index is 0.0607. The molecule has 12 nitrogen and oxygen atoms in total. The topological polar surface area (TPSA) is 169 Å². The summed E-state index contributed by atoms with van der Waals surface area (Å²) in [6.07, 6.45) is 22.9. The Hall–Kier alpha value is -1.59. The number of unbranched alkanes of at least 4 members (excludes halogenated alkanes) is 16. The summed E-state index contributed by atoms with van der Waals surface area (Å²) in [4.78, 5) is 40.1. The van der Waals surface area contributed by atoms with Gasteiger partial charge in [-0.05, 0) is 37.5 Å². The van der Waals surface area contributed by atoms with Crippen LogP contribution in [-0.2, 0) is 18.6 Å². The van der Waals surface area contributed by atoms with E-state index in [9.17, 15) is 19.0 Å². The largest absolute Gasteiger partial charge is 0.377 e. The highest BCUT2D eigenvalue weighted by atomic mass is 32.2. The normalized spacial score (nSPS) is 19.3. The molecule has 0 spiro atoms. The minimum atomic E-state index is -4.01. The number of aryl methyl sites for hydroxylation is 1. The van der Waals surface area contributed by atoms with E-state index in [0.717, 1.165) is 24.3 Å². The number of hydrogen-bond acceptors (Lipinski definition) is 8. The number of aromatic nitrogens is 2. The number of nitrogens with one attached hydrogen (secondary N) is 1. The lowest BCUT2D eigenvalue weighted by Crippen LogP contribution is -2.33. The summed E-state index contributed by atoms with van der Waals surface area (Å²) in [6, 6.07) is -0.714. The lowest BCUT2D eigenvalue weighted by atomic mass is 10.1. The Bertz CT molecular complexity index is 1260. The van der Waals surface area contributed by atoms with E-state index in [4.69, 9.17) is 19.5 Å². The van der Waals surface area contributed by atoms with Gasteiger partial charge in [-0.2, -0.15) is 11.8 Å². The smallest absolute Gasteiger partial charge is 0.330 e. The molecule has 0 aliphatic carbocycles. The van der Waals surface area contributed by atoms with Gasteiger partial charge in [0.2, 0.25) is 0 Å². The molecule has 1 aromatic rings. The molecule has 1 aliphatic rings. The van der Waals surface area contributed by atoms with Crippen LogP contribution in [0.25, 0.3) is 10.4 Å². The maximum Gasteiger partial charge on any atom is 0.330 e.